The Kier molecular flexibility index (Phi) is 3.33. The van der Waals surface area contributed by atoms with Gasteiger partial charge in [-0.15, -0.1) is 11.3 Å². The summed E-state index contributed by atoms with van der Waals surface area (Å²) in [4.78, 5) is 17.4. The Bertz CT molecular complexity index is 836. The van der Waals surface area contributed by atoms with Crippen molar-refractivity contribution in [1.29, 1.82) is 0 Å². The minimum absolute atomic E-state index is 0.0889. The lowest BCUT2D eigenvalue weighted by atomic mass is 10.1. The Morgan fingerprint density at radius 3 is 2.24 bits per heavy atom. The number of anilines is 2. The van der Waals surface area contributed by atoms with Gasteiger partial charge in [0.25, 0.3) is 0 Å². The molecule has 0 saturated carbocycles. The molecule has 0 spiro atoms. The summed E-state index contributed by atoms with van der Waals surface area (Å²) in [5.74, 6) is 0. The zero-order valence-electron chi connectivity index (χ0n) is 12.7. The first-order valence-electron chi connectivity index (χ1n) is 6.82. The fourth-order valence-electron chi connectivity index (χ4n) is 2.35. The van der Waals surface area contributed by atoms with Crippen LogP contribution in [0.5, 0.6) is 0 Å². The molecule has 21 heavy (non-hydrogen) atoms. The number of fused-ring (bicyclic) bond motifs is 2. The zero-order valence-corrected chi connectivity index (χ0v) is 13.5. The van der Waals surface area contributed by atoms with Crippen molar-refractivity contribution in [3.8, 4) is 10.4 Å². The third-order valence-electron chi connectivity index (χ3n) is 3.64. The first kappa shape index (κ1) is 13.9. The maximum atomic E-state index is 12.3. The molecule has 1 aliphatic carbocycles. The molecule has 0 saturated heterocycles. The lowest BCUT2D eigenvalue weighted by Crippen LogP contribution is -2.13. The molecule has 0 N–H and O–H groups in total. The average Bonchev–Trinajstić information content (AvgIpc) is 2.44. The predicted octanol–water partition coefficient (Wildman–Crippen LogP) is 3.50. The molecule has 0 radical (unpaired) electrons. The SMILES string of the molecule is CN(C)c1cc2sc3cc(N(C)C)ccc3cc-2c(=O)c1. The van der Waals surface area contributed by atoms with Crippen LogP contribution < -0.4 is 15.2 Å². The van der Waals surface area contributed by atoms with E-state index in [2.05, 4.69) is 29.2 Å². The van der Waals surface area contributed by atoms with E-state index in [1.54, 1.807) is 17.4 Å². The molecule has 0 fully saturated rings. The Morgan fingerprint density at radius 1 is 0.857 bits per heavy atom. The highest BCUT2D eigenvalue weighted by atomic mass is 32.1. The number of rotatable bonds is 2. The topological polar surface area (TPSA) is 23.6 Å². The maximum Gasteiger partial charge on any atom is 0.189 e. The summed E-state index contributed by atoms with van der Waals surface area (Å²) < 4.78 is 1.20. The van der Waals surface area contributed by atoms with E-state index >= 15 is 0 Å². The summed E-state index contributed by atoms with van der Waals surface area (Å²) in [5.41, 5.74) is 3.01. The third-order valence-corrected chi connectivity index (χ3v) is 4.77. The smallest absolute Gasteiger partial charge is 0.189 e. The minimum atomic E-state index is 0.0889. The van der Waals surface area contributed by atoms with Crippen LogP contribution in [0, 0.1) is 0 Å². The highest BCUT2D eigenvalue weighted by molar-refractivity contribution is 7.21. The first-order valence-corrected chi connectivity index (χ1v) is 7.64. The van der Waals surface area contributed by atoms with Gasteiger partial charge in [-0.2, -0.15) is 0 Å². The summed E-state index contributed by atoms with van der Waals surface area (Å²) in [6.07, 6.45) is 0. The Balaban J connectivity index is 2.31. The van der Waals surface area contributed by atoms with Crippen molar-refractivity contribution in [2.45, 2.75) is 0 Å². The van der Waals surface area contributed by atoms with E-state index in [-0.39, 0.29) is 5.43 Å². The van der Waals surface area contributed by atoms with E-state index in [1.165, 1.54) is 10.4 Å². The molecule has 4 heteroatoms. The van der Waals surface area contributed by atoms with Gasteiger partial charge < -0.3 is 9.80 Å². The van der Waals surface area contributed by atoms with Gasteiger partial charge in [0.05, 0.1) is 0 Å². The Hall–Kier alpha value is -2.07. The maximum absolute atomic E-state index is 12.3. The summed E-state index contributed by atoms with van der Waals surface area (Å²) in [6, 6.07) is 12.1. The molecule has 3 nitrogen and oxygen atoms in total. The molecule has 1 aliphatic heterocycles. The van der Waals surface area contributed by atoms with Gasteiger partial charge >= 0.3 is 0 Å². The first-order chi connectivity index (χ1) is 9.95. The van der Waals surface area contributed by atoms with Gasteiger partial charge in [0.2, 0.25) is 0 Å². The second-order valence-electron chi connectivity index (χ2n) is 5.61. The predicted molar refractivity (Wildman–Crippen MR) is 93.4 cm³/mol. The largest absolute Gasteiger partial charge is 0.378 e. The summed E-state index contributed by atoms with van der Waals surface area (Å²) in [7, 11) is 7.98. The summed E-state index contributed by atoms with van der Waals surface area (Å²) in [6.45, 7) is 0. The van der Waals surface area contributed by atoms with Crippen LogP contribution in [0.1, 0.15) is 0 Å². The van der Waals surface area contributed by atoms with Gasteiger partial charge in [-0.1, -0.05) is 6.07 Å². The normalized spacial score (nSPS) is 11.0. The van der Waals surface area contributed by atoms with Gasteiger partial charge in [-0.3, -0.25) is 4.79 Å². The van der Waals surface area contributed by atoms with E-state index in [4.69, 9.17) is 0 Å². The molecule has 0 amide bonds. The number of benzene rings is 2. The standard InChI is InChI=1S/C17H18N2OS/c1-18(2)12-6-5-11-7-14-15(20)8-13(19(3)4)10-17(14)21-16(11)9-12/h5-10H,1-4H3. The van der Waals surface area contributed by atoms with Crippen LogP contribution in [-0.2, 0) is 0 Å². The second kappa shape index (κ2) is 5.04. The molecule has 0 aromatic heterocycles. The molecular weight excluding hydrogens is 280 g/mol. The zero-order chi connectivity index (χ0) is 15.1. The molecule has 2 aliphatic rings. The summed E-state index contributed by atoms with van der Waals surface area (Å²) >= 11 is 1.68. The van der Waals surface area contributed by atoms with E-state index < -0.39 is 0 Å². The number of nitrogens with zero attached hydrogens (tertiary/aromatic N) is 2. The van der Waals surface area contributed by atoms with Crippen LogP contribution in [0.2, 0.25) is 0 Å². The van der Waals surface area contributed by atoms with Gasteiger partial charge in [-0.05, 0) is 29.7 Å². The molecule has 1 aromatic carbocycles. The fourth-order valence-corrected chi connectivity index (χ4v) is 3.47. The summed E-state index contributed by atoms with van der Waals surface area (Å²) in [5, 5.41) is 1.12. The number of hydrogen-bond donors (Lipinski definition) is 0. The highest BCUT2D eigenvalue weighted by Crippen LogP contribution is 2.34. The average molecular weight is 298 g/mol. The minimum Gasteiger partial charge on any atom is -0.378 e. The lowest BCUT2D eigenvalue weighted by Gasteiger charge is -2.16. The number of hydrogen-bond acceptors (Lipinski definition) is 4. The van der Waals surface area contributed by atoms with Crippen LogP contribution in [0.15, 0.2) is 41.2 Å². The monoisotopic (exact) mass is 298 g/mol. The highest BCUT2D eigenvalue weighted by Gasteiger charge is 2.12. The quantitative estimate of drug-likeness (QED) is 0.677. The van der Waals surface area contributed by atoms with Crippen LogP contribution >= 0.6 is 11.3 Å². The molecule has 0 bridgehead atoms. The second-order valence-corrected chi connectivity index (χ2v) is 6.70. The molecule has 108 valence electrons. The molecule has 0 atom stereocenters. The van der Waals surface area contributed by atoms with Gasteiger partial charge in [0, 0.05) is 60.8 Å². The van der Waals surface area contributed by atoms with Crippen molar-refractivity contribution in [3.63, 3.8) is 0 Å². The van der Waals surface area contributed by atoms with Crippen molar-refractivity contribution in [2.24, 2.45) is 0 Å². The van der Waals surface area contributed by atoms with Gasteiger partial charge in [0.15, 0.2) is 5.43 Å². The van der Waals surface area contributed by atoms with Crippen molar-refractivity contribution < 1.29 is 0 Å². The van der Waals surface area contributed by atoms with E-state index in [9.17, 15) is 4.79 Å². The van der Waals surface area contributed by atoms with Crippen LogP contribution in [0.3, 0.4) is 0 Å². The van der Waals surface area contributed by atoms with Crippen molar-refractivity contribution in [3.05, 3.63) is 46.6 Å². The lowest BCUT2D eigenvalue weighted by molar-refractivity contribution is 1.13. The molecular formula is C17H18N2OS. The van der Waals surface area contributed by atoms with E-state index in [0.717, 1.165) is 21.5 Å². The Labute approximate surface area is 128 Å². The Morgan fingerprint density at radius 2 is 1.57 bits per heavy atom. The molecule has 0 unspecified atom stereocenters. The van der Waals surface area contributed by atoms with E-state index in [0.29, 0.717) is 0 Å². The molecule has 1 heterocycles. The third kappa shape index (κ3) is 2.47. The van der Waals surface area contributed by atoms with Crippen molar-refractivity contribution >= 4 is 32.8 Å². The van der Waals surface area contributed by atoms with Crippen LogP contribution in [0.4, 0.5) is 11.4 Å². The van der Waals surface area contributed by atoms with Crippen molar-refractivity contribution in [1.82, 2.24) is 0 Å². The fraction of sp³-hybridized carbons (Fsp3) is 0.235. The van der Waals surface area contributed by atoms with Crippen molar-refractivity contribution in [2.75, 3.05) is 38.0 Å². The van der Waals surface area contributed by atoms with Gasteiger partial charge in [-0.25, -0.2) is 0 Å². The van der Waals surface area contributed by atoms with Crippen LogP contribution in [0.25, 0.3) is 20.5 Å². The molecule has 1 aromatic rings. The van der Waals surface area contributed by atoms with E-state index in [1.807, 2.05) is 39.2 Å². The molecule has 3 rings (SSSR count). The van der Waals surface area contributed by atoms with Gasteiger partial charge in [0.1, 0.15) is 0 Å². The van der Waals surface area contributed by atoms with Crippen LogP contribution in [-0.4, -0.2) is 28.2 Å².